The fourth-order valence-electron chi connectivity index (χ4n) is 2.91. The predicted octanol–water partition coefficient (Wildman–Crippen LogP) is 4.19. The third kappa shape index (κ3) is 5.12. The van der Waals surface area contributed by atoms with E-state index in [-0.39, 0.29) is 5.91 Å². The summed E-state index contributed by atoms with van der Waals surface area (Å²) in [6, 6.07) is 11.8. The Morgan fingerprint density at radius 1 is 1.10 bits per heavy atom. The molecule has 0 atom stereocenters. The topological polar surface area (TPSA) is 72.2 Å². The van der Waals surface area contributed by atoms with Crippen LogP contribution >= 0.6 is 11.8 Å². The van der Waals surface area contributed by atoms with Crippen molar-refractivity contribution < 1.29 is 4.79 Å². The largest absolute Gasteiger partial charge is 0.312 e. The first kappa shape index (κ1) is 20.8. The summed E-state index contributed by atoms with van der Waals surface area (Å²) in [5.74, 6) is 0.538. The minimum Gasteiger partial charge on any atom is -0.312 e. The van der Waals surface area contributed by atoms with E-state index < -0.39 is 0 Å². The van der Waals surface area contributed by atoms with Gasteiger partial charge in [0.1, 0.15) is 6.33 Å². The molecule has 1 aromatic heterocycles. The number of hydrazone groups is 1. The maximum Gasteiger partial charge on any atom is 0.271 e. The highest BCUT2D eigenvalue weighted by Crippen LogP contribution is 2.20. The summed E-state index contributed by atoms with van der Waals surface area (Å²) < 4.78 is 1.88. The number of carbonyl (C=O) groups is 1. The van der Waals surface area contributed by atoms with Crippen LogP contribution in [0.1, 0.15) is 45.1 Å². The van der Waals surface area contributed by atoms with Gasteiger partial charge in [-0.2, -0.15) is 5.10 Å². The second-order valence-electron chi connectivity index (χ2n) is 7.10. The smallest absolute Gasteiger partial charge is 0.271 e. The molecule has 0 spiro atoms. The Kier molecular flexibility index (Phi) is 6.49. The summed E-state index contributed by atoms with van der Waals surface area (Å²) in [6.45, 7) is 8.13. The Labute approximate surface area is 175 Å². The second-order valence-corrected chi connectivity index (χ2v) is 8.04. The van der Waals surface area contributed by atoms with Crippen molar-refractivity contribution in [2.75, 3.05) is 0 Å². The third-order valence-electron chi connectivity index (χ3n) is 4.81. The lowest BCUT2D eigenvalue weighted by molar-refractivity contribution is 0.0955. The lowest BCUT2D eigenvalue weighted by atomic mass is 9.98. The Morgan fingerprint density at radius 2 is 1.79 bits per heavy atom. The first-order valence-corrected chi connectivity index (χ1v) is 10.3. The van der Waals surface area contributed by atoms with E-state index in [1.165, 1.54) is 11.1 Å². The summed E-state index contributed by atoms with van der Waals surface area (Å²) >= 11 is 1.60. The van der Waals surface area contributed by atoms with E-state index in [1.54, 1.807) is 18.1 Å². The van der Waals surface area contributed by atoms with Crippen LogP contribution in [0.2, 0.25) is 0 Å². The number of nitrogens with zero attached hydrogens (tertiary/aromatic N) is 4. The Hall–Kier alpha value is -2.93. The summed E-state index contributed by atoms with van der Waals surface area (Å²) in [4.78, 5) is 12.4. The zero-order chi connectivity index (χ0) is 21.0. The van der Waals surface area contributed by atoms with Gasteiger partial charge in [-0.25, -0.2) is 5.43 Å². The van der Waals surface area contributed by atoms with Crippen molar-refractivity contribution >= 4 is 23.4 Å². The van der Waals surface area contributed by atoms with E-state index in [4.69, 9.17) is 0 Å². The van der Waals surface area contributed by atoms with Crippen LogP contribution in [0, 0.1) is 20.8 Å². The molecule has 3 rings (SSSR count). The summed E-state index contributed by atoms with van der Waals surface area (Å²) in [7, 11) is 1.91. The van der Waals surface area contributed by atoms with Crippen LogP contribution in [0.4, 0.5) is 0 Å². The monoisotopic (exact) mass is 407 g/mol. The number of benzene rings is 2. The van der Waals surface area contributed by atoms with Gasteiger partial charge < -0.3 is 4.57 Å². The molecule has 0 unspecified atom stereocenters. The number of carbonyl (C=O) groups excluding carboxylic acids is 1. The zero-order valence-corrected chi connectivity index (χ0v) is 18.2. The molecule has 0 aliphatic rings. The van der Waals surface area contributed by atoms with Crippen LogP contribution in [-0.4, -0.2) is 26.4 Å². The van der Waals surface area contributed by atoms with Crippen LogP contribution in [0.5, 0.6) is 0 Å². The SMILES string of the molecule is C/C(=N/NC(=O)c1ccc(CSc2nncn2C)cc1)c1cc(C)c(C)cc1C. The highest BCUT2D eigenvalue weighted by Gasteiger charge is 2.08. The zero-order valence-electron chi connectivity index (χ0n) is 17.4. The van der Waals surface area contributed by atoms with Gasteiger partial charge in [-0.15, -0.1) is 10.2 Å². The molecule has 0 radical (unpaired) electrons. The van der Waals surface area contributed by atoms with Crippen LogP contribution in [0.15, 0.2) is 53.0 Å². The standard InChI is InChI=1S/C22H25N5OS/c1-14-10-16(3)20(11-15(14)2)17(4)24-25-21(28)19-8-6-18(7-9-19)12-29-22-26-23-13-27(22)5/h6-11,13H,12H2,1-5H3,(H,25,28)/b24-17-. The number of hydrogen-bond acceptors (Lipinski definition) is 5. The second kappa shape index (κ2) is 9.05. The number of nitrogens with one attached hydrogen (secondary N) is 1. The quantitative estimate of drug-likeness (QED) is 0.378. The van der Waals surface area contributed by atoms with E-state index in [0.29, 0.717) is 5.56 Å². The van der Waals surface area contributed by atoms with E-state index in [0.717, 1.165) is 33.3 Å². The van der Waals surface area contributed by atoms with Crippen molar-refractivity contribution in [2.45, 2.75) is 38.6 Å². The van der Waals surface area contributed by atoms with Gasteiger partial charge in [-0.3, -0.25) is 4.79 Å². The van der Waals surface area contributed by atoms with Gasteiger partial charge >= 0.3 is 0 Å². The highest BCUT2D eigenvalue weighted by atomic mass is 32.2. The molecule has 0 aliphatic carbocycles. The van der Waals surface area contributed by atoms with Crippen LogP contribution in [-0.2, 0) is 12.8 Å². The molecule has 0 fully saturated rings. The van der Waals surface area contributed by atoms with Gasteiger partial charge in [0, 0.05) is 23.9 Å². The minimum atomic E-state index is -0.224. The number of hydrogen-bond donors (Lipinski definition) is 1. The number of thioether (sulfide) groups is 1. The molecule has 6 nitrogen and oxygen atoms in total. The number of aryl methyl sites for hydroxylation is 4. The Morgan fingerprint density at radius 3 is 2.45 bits per heavy atom. The van der Waals surface area contributed by atoms with Gasteiger partial charge in [0.05, 0.1) is 5.71 Å². The lowest BCUT2D eigenvalue weighted by Gasteiger charge is -2.10. The molecule has 0 saturated carbocycles. The molecule has 0 aliphatic heterocycles. The van der Waals surface area contributed by atoms with E-state index in [1.807, 2.05) is 42.8 Å². The number of aromatic nitrogens is 3. The first-order valence-electron chi connectivity index (χ1n) is 9.33. The fraction of sp³-hybridized carbons (Fsp3) is 0.273. The fourth-order valence-corrected chi connectivity index (χ4v) is 3.76. The Bertz CT molecular complexity index is 1050. The van der Waals surface area contributed by atoms with Crippen molar-refractivity contribution in [1.29, 1.82) is 0 Å². The molecule has 1 N–H and O–H groups in total. The Balaban J connectivity index is 1.62. The molecule has 7 heteroatoms. The average molecular weight is 408 g/mol. The molecule has 2 aromatic carbocycles. The summed E-state index contributed by atoms with van der Waals surface area (Å²) in [5.41, 5.74) is 9.79. The number of rotatable bonds is 6. The van der Waals surface area contributed by atoms with Crippen molar-refractivity contribution in [3.05, 3.63) is 76.1 Å². The summed E-state index contributed by atoms with van der Waals surface area (Å²) in [6.07, 6.45) is 1.68. The van der Waals surface area contributed by atoms with E-state index in [9.17, 15) is 4.79 Å². The molecular formula is C22H25N5OS. The molecule has 3 aromatic rings. The molecule has 1 heterocycles. The number of amides is 1. The van der Waals surface area contributed by atoms with Gasteiger partial charge in [0.15, 0.2) is 5.16 Å². The van der Waals surface area contributed by atoms with Crippen LogP contribution in [0.3, 0.4) is 0 Å². The predicted molar refractivity (Wildman–Crippen MR) is 117 cm³/mol. The molecular weight excluding hydrogens is 382 g/mol. The van der Waals surface area contributed by atoms with E-state index >= 15 is 0 Å². The average Bonchev–Trinajstić information content (AvgIpc) is 3.12. The molecule has 29 heavy (non-hydrogen) atoms. The molecule has 150 valence electrons. The molecule has 0 bridgehead atoms. The van der Waals surface area contributed by atoms with Crippen molar-refractivity contribution in [1.82, 2.24) is 20.2 Å². The maximum atomic E-state index is 12.4. The lowest BCUT2D eigenvalue weighted by Crippen LogP contribution is -2.19. The van der Waals surface area contributed by atoms with Crippen LogP contribution in [0.25, 0.3) is 0 Å². The molecule has 0 saturated heterocycles. The highest BCUT2D eigenvalue weighted by molar-refractivity contribution is 7.98. The van der Waals surface area contributed by atoms with E-state index in [2.05, 4.69) is 53.6 Å². The van der Waals surface area contributed by atoms with Gasteiger partial charge in [-0.1, -0.05) is 30.0 Å². The first-order chi connectivity index (χ1) is 13.8. The van der Waals surface area contributed by atoms with Gasteiger partial charge in [0.25, 0.3) is 5.91 Å². The normalized spacial score (nSPS) is 11.6. The van der Waals surface area contributed by atoms with Gasteiger partial charge in [-0.05, 0) is 68.1 Å². The van der Waals surface area contributed by atoms with Crippen molar-refractivity contribution in [3.8, 4) is 0 Å². The van der Waals surface area contributed by atoms with Crippen molar-refractivity contribution in [2.24, 2.45) is 12.1 Å². The minimum absolute atomic E-state index is 0.224. The molecule has 1 amide bonds. The maximum absolute atomic E-state index is 12.4. The van der Waals surface area contributed by atoms with Gasteiger partial charge in [0.2, 0.25) is 0 Å². The van der Waals surface area contributed by atoms with Crippen molar-refractivity contribution in [3.63, 3.8) is 0 Å². The summed E-state index contributed by atoms with van der Waals surface area (Å²) in [5, 5.41) is 13.1. The third-order valence-corrected chi connectivity index (χ3v) is 5.92. The van der Waals surface area contributed by atoms with Crippen LogP contribution < -0.4 is 5.43 Å².